The van der Waals surface area contributed by atoms with E-state index >= 15 is 0 Å². The van der Waals surface area contributed by atoms with Crippen molar-refractivity contribution in [2.45, 2.75) is 26.3 Å². The monoisotopic (exact) mass is 207 g/mol. The number of benzene rings is 1. The largest absolute Gasteiger partial charge is 0.481 e. The fourth-order valence-corrected chi connectivity index (χ4v) is 1.64. The van der Waals surface area contributed by atoms with Crippen LogP contribution in [0.3, 0.4) is 0 Å². The number of aliphatic carboxylic acids is 1. The third-order valence-corrected chi connectivity index (χ3v) is 2.53. The minimum atomic E-state index is -0.742. The molecule has 0 aliphatic rings. The maximum absolute atomic E-state index is 10.9. The van der Waals surface area contributed by atoms with Gasteiger partial charge < -0.3 is 10.4 Å². The van der Waals surface area contributed by atoms with Gasteiger partial charge in [-0.25, -0.2) is 0 Å². The highest BCUT2D eigenvalue weighted by molar-refractivity contribution is 5.71. The lowest BCUT2D eigenvalue weighted by atomic mass is 9.98. The molecule has 3 heteroatoms. The molecule has 0 radical (unpaired) electrons. The first-order chi connectivity index (χ1) is 7.15. The Balaban J connectivity index is 2.62. The highest BCUT2D eigenvalue weighted by Gasteiger charge is 2.22. The van der Waals surface area contributed by atoms with Crippen molar-refractivity contribution in [2.24, 2.45) is 5.92 Å². The molecular formula is C12H17NO2. The minimum Gasteiger partial charge on any atom is -0.481 e. The van der Waals surface area contributed by atoms with Crippen LogP contribution in [0.15, 0.2) is 30.3 Å². The van der Waals surface area contributed by atoms with Crippen molar-refractivity contribution in [2.75, 3.05) is 5.32 Å². The number of carboxylic acid groups (broad SMARTS) is 1. The highest BCUT2D eigenvalue weighted by Crippen LogP contribution is 2.15. The SMILES string of the molecule is CCC(C(=O)O)C(C)Nc1ccccc1. The Hall–Kier alpha value is -1.51. The van der Waals surface area contributed by atoms with Crippen LogP contribution in [-0.2, 0) is 4.79 Å². The summed E-state index contributed by atoms with van der Waals surface area (Å²) in [6.07, 6.45) is 0.635. The van der Waals surface area contributed by atoms with Crippen LogP contribution in [0.25, 0.3) is 0 Å². The summed E-state index contributed by atoms with van der Waals surface area (Å²) in [6, 6.07) is 9.60. The minimum absolute atomic E-state index is 0.0603. The summed E-state index contributed by atoms with van der Waals surface area (Å²) in [5, 5.41) is 12.2. The van der Waals surface area contributed by atoms with Crippen molar-refractivity contribution in [3.8, 4) is 0 Å². The van der Waals surface area contributed by atoms with Crippen LogP contribution in [0.2, 0.25) is 0 Å². The number of hydrogen-bond acceptors (Lipinski definition) is 2. The summed E-state index contributed by atoms with van der Waals surface area (Å²) in [4.78, 5) is 10.9. The molecule has 0 fully saturated rings. The maximum atomic E-state index is 10.9. The summed E-state index contributed by atoms with van der Waals surface area (Å²) >= 11 is 0. The molecule has 1 rings (SSSR count). The summed E-state index contributed by atoms with van der Waals surface area (Å²) in [5.74, 6) is -1.08. The van der Waals surface area contributed by atoms with Gasteiger partial charge in [0.15, 0.2) is 0 Å². The van der Waals surface area contributed by atoms with Crippen LogP contribution >= 0.6 is 0 Å². The van der Waals surface area contributed by atoms with Gasteiger partial charge in [0.05, 0.1) is 5.92 Å². The van der Waals surface area contributed by atoms with Gasteiger partial charge in [-0.3, -0.25) is 4.79 Å². The Bertz CT molecular complexity index is 311. The van der Waals surface area contributed by atoms with E-state index in [9.17, 15) is 4.79 Å². The van der Waals surface area contributed by atoms with E-state index in [0.717, 1.165) is 5.69 Å². The van der Waals surface area contributed by atoms with Crippen molar-refractivity contribution < 1.29 is 9.90 Å². The van der Waals surface area contributed by atoms with Crippen molar-refractivity contribution >= 4 is 11.7 Å². The van der Waals surface area contributed by atoms with Gasteiger partial charge in [-0.1, -0.05) is 25.1 Å². The predicted octanol–water partition coefficient (Wildman–Crippen LogP) is 2.60. The van der Waals surface area contributed by atoms with Crippen LogP contribution in [0.4, 0.5) is 5.69 Å². The Labute approximate surface area is 90.1 Å². The molecule has 0 aliphatic carbocycles. The van der Waals surface area contributed by atoms with Crippen molar-refractivity contribution in [3.05, 3.63) is 30.3 Å². The number of rotatable bonds is 5. The fourth-order valence-electron chi connectivity index (χ4n) is 1.64. The lowest BCUT2D eigenvalue weighted by Gasteiger charge is -2.21. The predicted molar refractivity (Wildman–Crippen MR) is 60.9 cm³/mol. The first kappa shape index (κ1) is 11.6. The summed E-state index contributed by atoms with van der Waals surface area (Å²) < 4.78 is 0. The van der Waals surface area contributed by atoms with E-state index in [1.54, 1.807) is 0 Å². The van der Waals surface area contributed by atoms with Crippen LogP contribution in [0.5, 0.6) is 0 Å². The lowest BCUT2D eigenvalue weighted by Crippen LogP contribution is -2.31. The zero-order chi connectivity index (χ0) is 11.3. The normalized spacial score (nSPS) is 14.3. The molecule has 0 aromatic heterocycles. The van der Waals surface area contributed by atoms with E-state index in [-0.39, 0.29) is 12.0 Å². The summed E-state index contributed by atoms with van der Waals surface area (Å²) in [5.41, 5.74) is 0.963. The third-order valence-electron chi connectivity index (χ3n) is 2.53. The van der Waals surface area contributed by atoms with E-state index in [2.05, 4.69) is 5.32 Å². The number of para-hydroxylation sites is 1. The molecule has 3 nitrogen and oxygen atoms in total. The summed E-state index contributed by atoms with van der Waals surface area (Å²) in [7, 11) is 0. The van der Waals surface area contributed by atoms with Gasteiger partial charge in [-0.15, -0.1) is 0 Å². The molecule has 2 atom stereocenters. The van der Waals surface area contributed by atoms with E-state index < -0.39 is 5.97 Å². The van der Waals surface area contributed by atoms with Gasteiger partial charge in [0, 0.05) is 11.7 Å². The Kier molecular flexibility index (Phi) is 4.16. The van der Waals surface area contributed by atoms with Crippen LogP contribution < -0.4 is 5.32 Å². The molecule has 82 valence electrons. The number of carbonyl (C=O) groups is 1. The highest BCUT2D eigenvalue weighted by atomic mass is 16.4. The van der Waals surface area contributed by atoms with Crippen molar-refractivity contribution in [1.29, 1.82) is 0 Å². The molecule has 0 saturated heterocycles. The molecule has 0 bridgehead atoms. The molecule has 0 aliphatic heterocycles. The average Bonchev–Trinajstić information content (AvgIpc) is 2.19. The third kappa shape index (κ3) is 3.27. The van der Waals surface area contributed by atoms with Crippen LogP contribution in [0.1, 0.15) is 20.3 Å². The second kappa shape index (κ2) is 5.39. The first-order valence-corrected chi connectivity index (χ1v) is 5.19. The molecule has 0 heterocycles. The summed E-state index contributed by atoms with van der Waals surface area (Å²) in [6.45, 7) is 3.79. The van der Waals surface area contributed by atoms with Gasteiger partial charge in [0.1, 0.15) is 0 Å². The molecule has 15 heavy (non-hydrogen) atoms. The average molecular weight is 207 g/mol. The molecule has 2 N–H and O–H groups in total. The number of carboxylic acids is 1. The van der Waals surface area contributed by atoms with Crippen molar-refractivity contribution in [3.63, 3.8) is 0 Å². The Morgan fingerprint density at radius 2 is 2.00 bits per heavy atom. The number of anilines is 1. The van der Waals surface area contributed by atoms with Crippen molar-refractivity contribution in [1.82, 2.24) is 0 Å². The van der Waals surface area contributed by atoms with Gasteiger partial charge in [-0.05, 0) is 25.5 Å². The first-order valence-electron chi connectivity index (χ1n) is 5.19. The van der Waals surface area contributed by atoms with Crippen LogP contribution in [0, 0.1) is 5.92 Å². The topological polar surface area (TPSA) is 49.3 Å². The second-order valence-electron chi connectivity index (χ2n) is 3.65. The quantitative estimate of drug-likeness (QED) is 0.780. The molecule has 1 aromatic carbocycles. The van der Waals surface area contributed by atoms with E-state index in [1.807, 2.05) is 44.2 Å². The zero-order valence-electron chi connectivity index (χ0n) is 9.10. The zero-order valence-corrected chi connectivity index (χ0v) is 9.10. The molecule has 1 aromatic rings. The number of nitrogens with one attached hydrogen (secondary N) is 1. The lowest BCUT2D eigenvalue weighted by molar-refractivity contribution is -0.142. The fraction of sp³-hybridized carbons (Fsp3) is 0.417. The maximum Gasteiger partial charge on any atom is 0.308 e. The molecule has 0 spiro atoms. The second-order valence-corrected chi connectivity index (χ2v) is 3.65. The van der Waals surface area contributed by atoms with E-state index in [1.165, 1.54) is 0 Å². The Morgan fingerprint density at radius 1 is 1.40 bits per heavy atom. The number of hydrogen-bond donors (Lipinski definition) is 2. The molecule has 0 amide bonds. The standard InChI is InChI=1S/C12H17NO2/c1-3-11(12(14)15)9(2)13-10-7-5-4-6-8-10/h4-9,11,13H,3H2,1-2H3,(H,14,15). The molecule has 2 unspecified atom stereocenters. The van der Waals surface area contributed by atoms with Gasteiger partial charge in [0.25, 0.3) is 0 Å². The van der Waals surface area contributed by atoms with Gasteiger partial charge in [-0.2, -0.15) is 0 Å². The smallest absolute Gasteiger partial charge is 0.308 e. The van der Waals surface area contributed by atoms with E-state index in [4.69, 9.17) is 5.11 Å². The van der Waals surface area contributed by atoms with Crippen LogP contribution in [-0.4, -0.2) is 17.1 Å². The molecular weight excluding hydrogens is 190 g/mol. The van der Waals surface area contributed by atoms with Gasteiger partial charge in [0.2, 0.25) is 0 Å². The van der Waals surface area contributed by atoms with Gasteiger partial charge >= 0.3 is 5.97 Å². The Morgan fingerprint density at radius 3 is 2.47 bits per heavy atom. The van der Waals surface area contributed by atoms with E-state index in [0.29, 0.717) is 6.42 Å². The molecule has 0 saturated carbocycles.